The standard InChI is InChI=1S/C18H19ClN4O2/c19-16-7-6-13(12-20-16)17(24)21-15-8-10-23(11-9-15)18(25)22-14-4-2-1-3-5-14/h1-7,12,15H,8-11H2,(H,21,24)(H,22,25). The maximum absolute atomic E-state index is 12.3. The first kappa shape index (κ1) is 17.2. The minimum Gasteiger partial charge on any atom is -0.349 e. The lowest BCUT2D eigenvalue weighted by molar-refractivity contribution is 0.0919. The van der Waals surface area contributed by atoms with Gasteiger partial charge < -0.3 is 15.5 Å². The molecular weight excluding hydrogens is 340 g/mol. The summed E-state index contributed by atoms with van der Waals surface area (Å²) in [6, 6.07) is 12.5. The Kier molecular flexibility index (Phi) is 5.50. The highest BCUT2D eigenvalue weighted by Gasteiger charge is 2.24. The number of hydrogen-bond acceptors (Lipinski definition) is 3. The number of aromatic nitrogens is 1. The van der Waals surface area contributed by atoms with E-state index in [1.807, 2.05) is 30.3 Å². The van der Waals surface area contributed by atoms with E-state index in [1.165, 1.54) is 6.20 Å². The Labute approximate surface area is 151 Å². The maximum Gasteiger partial charge on any atom is 0.321 e. The first-order valence-electron chi connectivity index (χ1n) is 8.15. The molecule has 0 radical (unpaired) electrons. The van der Waals surface area contributed by atoms with Gasteiger partial charge in [0.25, 0.3) is 5.91 Å². The Hall–Kier alpha value is -2.60. The number of carbonyl (C=O) groups excluding carboxylic acids is 2. The molecule has 2 aromatic rings. The van der Waals surface area contributed by atoms with Crippen LogP contribution in [0, 0.1) is 0 Å². The van der Waals surface area contributed by atoms with Gasteiger partial charge in [-0.25, -0.2) is 9.78 Å². The number of carbonyl (C=O) groups is 2. The van der Waals surface area contributed by atoms with E-state index in [1.54, 1.807) is 17.0 Å². The second-order valence-electron chi connectivity index (χ2n) is 5.90. The number of nitrogens with zero attached hydrogens (tertiary/aromatic N) is 2. The number of nitrogens with one attached hydrogen (secondary N) is 2. The number of pyridine rings is 1. The van der Waals surface area contributed by atoms with Crippen LogP contribution in [0.1, 0.15) is 23.2 Å². The molecule has 0 unspecified atom stereocenters. The van der Waals surface area contributed by atoms with Gasteiger partial charge in [-0.15, -0.1) is 0 Å². The summed E-state index contributed by atoms with van der Waals surface area (Å²) in [5.41, 5.74) is 1.26. The Morgan fingerprint density at radius 1 is 1.08 bits per heavy atom. The predicted octanol–water partition coefficient (Wildman–Crippen LogP) is 3.16. The molecule has 1 aromatic heterocycles. The zero-order chi connectivity index (χ0) is 17.6. The van der Waals surface area contributed by atoms with Gasteiger partial charge in [0.05, 0.1) is 5.56 Å². The van der Waals surface area contributed by atoms with Crippen LogP contribution in [0.4, 0.5) is 10.5 Å². The summed E-state index contributed by atoms with van der Waals surface area (Å²) in [7, 11) is 0. The van der Waals surface area contributed by atoms with Crippen LogP contribution in [-0.4, -0.2) is 41.0 Å². The fourth-order valence-corrected chi connectivity index (χ4v) is 2.84. The molecular formula is C18H19ClN4O2. The summed E-state index contributed by atoms with van der Waals surface area (Å²) >= 11 is 5.73. The van der Waals surface area contributed by atoms with E-state index < -0.39 is 0 Å². The molecule has 2 N–H and O–H groups in total. The van der Waals surface area contributed by atoms with Gasteiger partial charge in [-0.3, -0.25) is 4.79 Å². The molecule has 3 rings (SSSR count). The Balaban J connectivity index is 1.47. The van der Waals surface area contributed by atoms with Crippen molar-refractivity contribution < 1.29 is 9.59 Å². The SMILES string of the molecule is O=C(NC1CCN(C(=O)Nc2ccccc2)CC1)c1ccc(Cl)nc1. The van der Waals surface area contributed by atoms with Crippen molar-refractivity contribution in [3.05, 3.63) is 59.4 Å². The number of piperidine rings is 1. The molecule has 6 nitrogen and oxygen atoms in total. The summed E-state index contributed by atoms with van der Waals surface area (Å²) in [4.78, 5) is 30.1. The molecule has 1 saturated heterocycles. The quantitative estimate of drug-likeness (QED) is 0.827. The van der Waals surface area contributed by atoms with Crippen molar-refractivity contribution in [3.8, 4) is 0 Å². The van der Waals surface area contributed by atoms with Gasteiger partial charge in [0.2, 0.25) is 0 Å². The van der Waals surface area contributed by atoms with E-state index in [9.17, 15) is 9.59 Å². The van der Waals surface area contributed by atoms with Crippen LogP contribution in [-0.2, 0) is 0 Å². The second-order valence-corrected chi connectivity index (χ2v) is 6.29. The second kappa shape index (κ2) is 7.98. The van der Waals surface area contributed by atoms with Crippen LogP contribution >= 0.6 is 11.6 Å². The highest BCUT2D eigenvalue weighted by Crippen LogP contribution is 2.14. The molecule has 2 heterocycles. The van der Waals surface area contributed by atoms with Gasteiger partial charge in [-0.2, -0.15) is 0 Å². The summed E-state index contributed by atoms with van der Waals surface area (Å²) in [6.45, 7) is 1.20. The molecule has 0 saturated carbocycles. The monoisotopic (exact) mass is 358 g/mol. The number of anilines is 1. The molecule has 1 fully saturated rings. The van der Waals surface area contributed by atoms with Crippen molar-refractivity contribution in [1.29, 1.82) is 0 Å². The van der Waals surface area contributed by atoms with Gasteiger partial charge in [0, 0.05) is 31.0 Å². The number of para-hydroxylation sites is 1. The average Bonchev–Trinajstić information content (AvgIpc) is 2.63. The molecule has 130 valence electrons. The highest BCUT2D eigenvalue weighted by molar-refractivity contribution is 6.29. The molecule has 1 aliphatic rings. The van der Waals surface area contributed by atoms with Gasteiger partial charge in [0.1, 0.15) is 5.15 Å². The van der Waals surface area contributed by atoms with Gasteiger partial charge in [-0.05, 0) is 37.1 Å². The van der Waals surface area contributed by atoms with Crippen molar-refractivity contribution in [2.45, 2.75) is 18.9 Å². The van der Waals surface area contributed by atoms with E-state index in [0.717, 1.165) is 18.5 Å². The lowest BCUT2D eigenvalue weighted by atomic mass is 10.0. The molecule has 0 aliphatic carbocycles. The fourth-order valence-electron chi connectivity index (χ4n) is 2.73. The van der Waals surface area contributed by atoms with Crippen molar-refractivity contribution in [2.24, 2.45) is 0 Å². The van der Waals surface area contributed by atoms with Crippen LogP contribution in [0.15, 0.2) is 48.7 Å². The normalized spacial score (nSPS) is 14.8. The number of urea groups is 1. The number of rotatable bonds is 3. The zero-order valence-electron chi connectivity index (χ0n) is 13.6. The van der Waals surface area contributed by atoms with Crippen molar-refractivity contribution in [3.63, 3.8) is 0 Å². The Bertz CT molecular complexity index is 729. The molecule has 7 heteroatoms. The van der Waals surface area contributed by atoms with Gasteiger partial charge >= 0.3 is 6.03 Å². The molecule has 0 atom stereocenters. The van der Waals surface area contributed by atoms with E-state index in [2.05, 4.69) is 15.6 Å². The smallest absolute Gasteiger partial charge is 0.321 e. The van der Waals surface area contributed by atoms with Gasteiger partial charge in [0.15, 0.2) is 0 Å². The minimum absolute atomic E-state index is 0.0453. The molecule has 25 heavy (non-hydrogen) atoms. The first-order valence-corrected chi connectivity index (χ1v) is 8.53. The molecule has 1 aromatic carbocycles. The lowest BCUT2D eigenvalue weighted by Crippen LogP contribution is -2.47. The van der Waals surface area contributed by atoms with Crippen molar-refractivity contribution in [1.82, 2.24) is 15.2 Å². The van der Waals surface area contributed by atoms with Crippen molar-refractivity contribution in [2.75, 3.05) is 18.4 Å². The minimum atomic E-state index is -0.170. The van der Waals surface area contributed by atoms with E-state index in [-0.39, 0.29) is 18.0 Å². The maximum atomic E-state index is 12.3. The number of amides is 3. The fraction of sp³-hybridized carbons (Fsp3) is 0.278. The van der Waals surface area contributed by atoms with Crippen LogP contribution in [0.25, 0.3) is 0 Å². The molecule has 3 amide bonds. The number of benzene rings is 1. The van der Waals surface area contributed by atoms with Crippen LogP contribution in [0.5, 0.6) is 0 Å². The van der Waals surface area contributed by atoms with Crippen LogP contribution in [0.2, 0.25) is 5.15 Å². The van der Waals surface area contributed by atoms with Crippen LogP contribution < -0.4 is 10.6 Å². The van der Waals surface area contributed by atoms with Crippen LogP contribution in [0.3, 0.4) is 0 Å². The van der Waals surface area contributed by atoms with E-state index >= 15 is 0 Å². The van der Waals surface area contributed by atoms with Crippen molar-refractivity contribution >= 4 is 29.2 Å². The average molecular weight is 359 g/mol. The lowest BCUT2D eigenvalue weighted by Gasteiger charge is -2.32. The largest absolute Gasteiger partial charge is 0.349 e. The number of halogens is 1. The summed E-state index contributed by atoms with van der Waals surface area (Å²) in [6.07, 6.45) is 2.89. The third-order valence-electron chi connectivity index (χ3n) is 4.13. The Morgan fingerprint density at radius 2 is 1.80 bits per heavy atom. The van der Waals surface area contributed by atoms with E-state index in [4.69, 9.17) is 11.6 Å². The number of likely N-dealkylation sites (tertiary alicyclic amines) is 1. The zero-order valence-corrected chi connectivity index (χ0v) is 14.4. The topological polar surface area (TPSA) is 74.3 Å². The summed E-state index contributed by atoms with van der Waals surface area (Å²) in [5, 5.41) is 6.22. The highest BCUT2D eigenvalue weighted by atomic mass is 35.5. The van der Waals surface area contributed by atoms with E-state index in [0.29, 0.717) is 23.8 Å². The summed E-state index contributed by atoms with van der Waals surface area (Å²) in [5.74, 6) is -0.170. The molecule has 0 spiro atoms. The third-order valence-corrected chi connectivity index (χ3v) is 4.36. The van der Waals surface area contributed by atoms with Gasteiger partial charge in [-0.1, -0.05) is 29.8 Å². The summed E-state index contributed by atoms with van der Waals surface area (Å²) < 4.78 is 0. The molecule has 0 bridgehead atoms. The Morgan fingerprint density at radius 3 is 2.44 bits per heavy atom. The first-order chi connectivity index (χ1) is 12.1. The molecule has 1 aliphatic heterocycles. The number of hydrogen-bond donors (Lipinski definition) is 2. The third kappa shape index (κ3) is 4.70. The predicted molar refractivity (Wildman–Crippen MR) is 96.8 cm³/mol.